The van der Waals surface area contributed by atoms with Crippen LogP contribution in [-0.4, -0.2) is 58.1 Å². The molecule has 1 aliphatic carbocycles. The van der Waals surface area contributed by atoms with E-state index in [0.717, 1.165) is 12.1 Å². The Labute approximate surface area is 237 Å². The van der Waals surface area contributed by atoms with Gasteiger partial charge in [-0.05, 0) is 43.4 Å². The first kappa shape index (κ1) is 29.0. The van der Waals surface area contributed by atoms with Crippen LogP contribution in [0.25, 0.3) is 0 Å². The summed E-state index contributed by atoms with van der Waals surface area (Å²) in [7, 11) is 2.83. The number of hydrogen-bond donors (Lipinski definition) is 3. The van der Waals surface area contributed by atoms with Crippen molar-refractivity contribution < 1.29 is 41.7 Å². The fraction of sp³-hybridized carbons (Fsp3) is 0.357. The average Bonchev–Trinajstić information content (AvgIpc) is 3.23. The maximum atomic E-state index is 15.1. The summed E-state index contributed by atoms with van der Waals surface area (Å²) in [5.74, 6) is -3.36. The highest BCUT2D eigenvalue weighted by Gasteiger charge is 2.38. The number of amides is 2. The number of hydrogen-bond acceptors (Lipinski definition) is 8. The zero-order valence-electron chi connectivity index (χ0n) is 22.6. The number of aliphatic hydroxyl groups is 1. The SMILES string of the molecule is COc1cc(C(=O)NC2CCC(O)CC2)c(F)cc1Nc1ncc(C(F)(F)F)c(Oc2cccc3c2C(=O)N(C)C3)n1. The summed E-state index contributed by atoms with van der Waals surface area (Å²) in [5.41, 5.74) is -0.927. The number of carbonyl (C=O) groups is 2. The third-order valence-electron chi connectivity index (χ3n) is 7.16. The second kappa shape index (κ2) is 11.4. The molecule has 5 rings (SSSR count). The molecule has 42 heavy (non-hydrogen) atoms. The van der Waals surface area contributed by atoms with Crippen LogP contribution >= 0.6 is 0 Å². The van der Waals surface area contributed by atoms with Crippen molar-refractivity contribution in [2.75, 3.05) is 19.5 Å². The van der Waals surface area contributed by atoms with E-state index in [1.807, 2.05) is 0 Å². The van der Waals surface area contributed by atoms with Gasteiger partial charge in [-0.15, -0.1) is 0 Å². The molecule has 0 saturated heterocycles. The second-order valence-corrected chi connectivity index (χ2v) is 10.1. The van der Waals surface area contributed by atoms with Gasteiger partial charge in [0, 0.05) is 31.9 Å². The topological polar surface area (TPSA) is 126 Å². The van der Waals surface area contributed by atoms with Crippen LogP contribution in [-0.2, 0) is 12.7 Å². The van der Waals surface area contributed by atoms with Crippen molar-refractivity contribution in [1.82, 2.24) is 20.2 Å². The molecular weight excluding hydrogens is 562 g/mol. The molecular formula is C28H27F4N5O5. The van der Waals surface area contributed by atoms with Crippen molar-refractivity contribution in [3.63, 3.8) is 0 Å². The quantitative estimate of drug-likeness (QED) is 0.336. The van der Waals surface area contributed by atoms with Gasteiger partial charge in [0.25, 0.3) is 11.8 Å². The minimum atomic E-state index is -4.89. The summed E-state index contributed by atoms with van der Waals surface area (Å²) >= 11 is 0. The number of ether oxygens (including phenoxy) is 2. The summed E-state index contributed by atoms with van der Waals surface area (Å²) in [6.45, 7) is 0.275. The van der Waals surface area contributed by atoms with Gasteiger partial charge in [0.15, 0.2) is 0 Å². The van der Waals surface area contributed by atoms with Gasteiger partial charge < -0.3 is 30.1 Å². The lowest BCUT2D eigenvalue weighted by molar-refractivity contribution is -0.139. The van der Waals surface area contributed by atoms with Crippen LogP contribution in [0.4, 0.5) is 29.2 Å². The molecule has 3 aromatic rings. The molecule has 1 saturated carbocycles. The van der Waals surface area contributed by atoms with Crippen LogP contribution in [0.2, 0.25) is 0 Å². The minimum absolute atomic E-state index is 0.00101. The van der Waals surface area contributed by atoms with Crippen LogP contribution in [0.15, 0.2) is 36.5 Å². The lowest BCUT2D eigenvalue weighted by atomic mass is 9.93. The first-order valence-corrected chi connectivity index (χ1v) is 13.1. The van der Waals surface area contributed by atoms with Crippen molar-refractivity contribution in [1.29, 1.82) is 0 Å². The number of anilines is 2. The number of methoxy groups -OCH3 is 1. The third-order valence-corrected chi connectivity index (χ3v) is 7.16. The molecule has 14 heteroatoms. The number of fused-ring (bicyclic) bond motifs is 1. The molecule has 0 atom stereocenters. The van der Waals surface area contributed by atoms with E-state index >= 15 is 4.39 Å². The average molecular weight is 590 g/mol. The number of aliphatic hydroxyl groups excluding tert-OH is 1. The highest BCUT2D eigenvalue weighted by atomic mass is 19.4. The summed E-state index contributed by atoms with van der Waals surface area (Å²) < 4.78 is 67.4. The molecule has 2 aliphatic rings. The van der Waals surface area contributed by atoms with E-state index in [1.165, 1.54) is 18.1 Å². The molecule has 2 aromatic carbocycles. The Balaban J connectivity index is 1.42. The zero-order valence-corrected chi connectivity index (χ0v) is 22.6. The van der Waals surface area contributed by atoms with Gasteiger partial charge in [0.1, 0.15) is 22.9 Å². The van der Waals surface area contributed by atoms with Crippen molar-refractivity contribution in [2.45, 2.75) is 50.6 Å². The van der Waals surface area contributed by atoms with Crippen LogP contribution in [0, 0.1) is 5.82 Å². The van der Waals surface area contributed by atoms with Gasteiger partial charge in [0.2, 0.25) is 11.8 Å². The Morgan fingerprint density at radius 2 is 1.88 bits per heavy atom. The fourth-order valence-electron chi connectivity index (χ4n) is 4.95. The normalized spacial score (nSPS) is 18.5. The van der Waals surface area contributed by atoms with Gasteiger partial charge in [0.05, 0.1) is 30.0 Å². The van der Waals surface area contributed by atoms with E-state index in [2.05, 4.69) is 20.6 Å². The number of carbonyl (C=O) groups excluding carboxylic acids is 2. The zero-order chi connectivity index (χ0) is 30.2. The predicted molar refractivity (Wildman–Crippen MR) is 141 cm³/mol. The molecule has 0 bridgehead atoms. The molecule has 2 amide bonds. The van der Waals surface area contributed by atoms with E-state index in [4.69, 9.17) is 9.47 Å². The Hall–Kier alpha value is -4.46. The van der Waals surface area contributed by atoms with E-state index in [-0.39, 0.29) is 46.8 Å². The maximum Gasteiger partial charge on any atom is 0.423 e. The Morgan fingerprint density at radius 1 is 1.14 bits per heavy atom. The van der Waals surface area contributed by atoms with Gasteiger partial charge in [-0.1, -0.05) is 12.1 Å². The molecule has 0 spiro atoms. The van der Waals surface area contributed by atoms with Crippen molar-refractivity contribution in [3.8, 4) is 17.4 Å². The van der Waals surface area contributed by atoms with E-state index in [0.29, 0.717) is 37.4 Å². The van der Waals surface area contributed by atoms with E-state index in [1.54, 1.807) is 19.2 Å². The Bertz CT molecular complexity index is 1530. The van der Waals surface area contributed by atoms with Crippen molar-refractivity contribution >= 4 is 23.5 Å². The molecule has 1 fully saturated rings. The smallest absolute Gasteiger partial charge is 0.423 e. The number of alkyl halides is 3. The number of aromatic nitrogens is 2. The van der Waals surface area contributed by atoms with Crippen molar-refractivity contribution in [2.24, 2.45) is 0 Å². The lowest BCUT2D eigenvalue weighted by Crippen LogP contribution is -2.38. The standard InChI is InChI=1S/C28H27F4N5O5/c1-37-13-14-4-3-5-21(23(14)26(37)40)42-25-18(28(30,31)32)12-33-27(36-25)35-20-11-19(29)17(10-22(20)41-2)24(39)34-15-6-8-16(38)9-7-15/h3-5,10-12,15-16,38H,6-9,13H2,1-2H3,(H,34,39)(H,33,35,36). The maximum absolute atomic E-state index is 15.1. The van der Waals surface area contributed by atoms with Crippen LogP contribution in [0.1, 0.15) is 57.5 Å². The van der Waals surface area contributed by atoms with Gasteiger partial charge >= 0.3 is 6.18 Å². The van der Waals surface area contributed by atoms with Gasteiger partial charge in [-0.25, -0.2) is 9.37 Å². The van der Waals surface area contributed by atoms with Crippen LogP contribution in [0.3, 0.4) is 0 Å². The molecule has 0 radical (unpaired) electrons. The van der Waals surface area contributed by atoms with E-state index < -0.39 is 41.4 Å². The summed E-state index contributed by atoms with van der Waals surface area (Å²) in [5, 5.41) is 15.0. The monoisotopic (exact) mass is 589 g/mol. The molecule has 1 aliphatic heterocycles. The van der Waals surface area contributed by atoms with Crippen LogP contribution < -0.4 is 20.1 Å². The first-order valence-electron chi connectivity index (χ1n) is 13.1. The molecule has 0 unspecified atom stereocenters. The van der Waals surface area contributed by atoms with Gasteiger partial charge in [-0.3, -0.25) is 9.59 Å². The Kier molecular flexibility index (Phi) is 7.91. The molecule has 222 valence electrons. The minimum Gasteiger partial charge on any atom is -0.495 e. The van der Waals surface area contributed by atoms with Crippen LogP contribution in [0.5, 0.6) is 17.4 Å². The third kappa shape index (κ3) is 5.93. The second-order valence-electron chi connectivity index (χ2n) is 10.1. The highest BCUT2D eigenvalue weighted by Crippen LogP contribution is 2.40. The fourth-order valence-corrected chi connectivity index (χ4v) is 4.95. The lowest BCUT2D eigenvalue weighted by Gasteiger charge is -2.26. The highest BCUT2D eigenvalue weighted by molar-refractivity contribution is 6.01. The molecule has 3 N–H and O–H groups in total. The van der Waals surface area contributed by atoms with E-state index in [9.17, 15) is 27.9 Å². The number of nitrogens with one attached hydrogen (secondary N) is 2. The predicted octanol–water partition coefficient (Wildman–Crippen LogP) is 4.80. The number of halogens is 4. The first-order chi connectivity index (χ1) is 19.9. The van der Waals surface area contributed by atoms with Gasteiger partial charge in [-0.2, -0.15) is 18.2 Å². The number of benzene rings is 2. The number of nitrogens with zero attached hydrogens (tertiary/aromatic N) is 3. The summed E-state index contributed by atoms with van der Waals surface area (Å²) in [6.07, 6.45) is -2.64. The summed E-state index contributed by atoms with van der Waals surface area (Å²) in [4.78, 5) is 34.3. The molecule has 1 aromatic heterocycles. The largest absolute Gasteiger partial charge is 0.495 e. The molecule has 2 heterocycles. The summed E-state index contributed by atoms with van der Waals surface area (Å²) in [6, 6.07) is 6.47. The number of rotatable bonds is 7. The molecule has 10 nitrogen and oxygen atoms in total. The van der Waals surface area contributed by atoms with Crippen molar-refractivity contribution in [3.05, 3.63) is 64.6 Å². The Morgan fingerprint density at radius 3 is 2.57 bits per heavy atom.